The van der Waals surface area contributed by atoms with E-state index in [0.29, 0.717) is 26.5 Å². The minimum Gasteiger partial charge on any atom is -0.306 e. The van der Waals surface area contributed by atoms with Crippen LogP contribution in [-0.2, 0) is 0 Å². The summed E-state index contributed by atoms with van der Waals surface area (Å²) in [6.07, 6.45) is 1.23. The largest absolute Gasteiger partial charge is 0.306 e. The highest BCUT2D eigenvalue weighted by molar-refractivity contribution is 7.15. The van der Waals surface area contributed by atoms with Crippen LogP contribution in [0.3, 0.4) is 0 Å². The molecule has 0 spiro atoms. The van der Waals surface area contributed by atoms with E-state index in [2.05, 4.69) is 25.5 Å². The summed E-state index contributed by atoms with van der Waals surface area (Å²) in [6, 6.07) is 6.83. The highest BCUT2D eigenvalue weighted by Crippen LogP contribution is 2.17. The molecule has 0 aliphatic carbocycles. The number of aromatic nitrogens is 4. The van der Waals surface area contributed by atoms with Gasteiger partial charge in [0, 0.05) is 16.8 Å². The fourth-order valence-electron chi connectivity index (χ4n) is 1.82. The Hall–Kier alpha value is -2.58. The first-order chi connectivity index (χ1) is 11.0. The van der Waals surface area contributed by atoms with Gasteiger partial charge in [0.1, 0.15) is 16.4 Å². The summed E-state index contributed by atoms with van der Waals surface area (Å²) in [4.78, 5) is 30.9. The number of halogens is 1. The summed E-state index contributed by atoms with van der Waals surface area (Å²) >= 11 is 7.04. The van der Waals surface area contributed by atoms with Crippen LogP contribution in [0.25, 0.3) is 11.4 Å². The summed E-state index contributed by atoms with van der Waals surface area (Å²) in [6.45, 7) is 1.77. The first-order valence-corrected chi connectivity index (χ1v) is 7.69. The third-order valence-electron chi connectivity index (χ3n) is 2.91. The van der Waals surface area contributed by atoms with E-state index >= 15 is 0 Å². The molecular formula is C14H10ClN5O2S. The fraction of sp³-hybridized carbons (Fsp3) is 0.0714. The van der Waals surface area contributed by atoms with E-state index < -0.39 is 11.5 Å². The number of hydrogen-bond donors (Lipinski definition) is 2. The summed E-state index contributed by atoms with van der Waals surface area (Å²) in [7, 11) is 0. The third kappa shape index (κ3) is 3.43. The second-order valence-electron chi connectivity index (χ2n) is 4.56. The average molecular weight is 348 g/mol. The van der Waals surface area contributed by atoms with E-state index in [1.807, 2.05) is 0 Å². The van der Waals surface area contributed by atoms with Crippen molar-refractivity contribution in [2.24, 2.45) is 0 Å². The van der Waals surface area contributed by atoms with Crippen molar-refractivity contribution < 1.29 is 4.79 Å². The van der Waals surface area contributed by atoms with Gasteiger partial charge in [-0.15, -0.1) is 10.2 Å². The Morgan fingerprint density at radius 1 is 1.26 bits per heavy atom. The van der Waals surface area contributed by atoms with Gasteiger partial charge >= 0.3 is 0 Å². The summed E-state index contributed by atoms with van der Waals surface area (Å²) in [5.74, 6) is -0.229. The van der Waals surface area contributed by atoms with Crippen molar-refractivity contribution in [3.05, 3.63) is 56.4 Å². The van der Waals surface area contributed by atoms with Crippen molar-refractivity contribution in [2.75, 3.05) is 5.32 Å². The van der Waals surface area contributed by atoms with Gasteiger partial charge in [-0.25, -0.2) is 4.98 Å². The molecule has 0 unspecified atom stereocenters. The zero-order valence-corrected chi connectivity index (χ0v) is 13.4. The molecule has 0 bridgehead atoms. The lowest BCUT2D eigenvalue weighted by Gasteiger charge is -2.03. The van der Waals surface area contributed by atoms with Crippen LogP contribution in [0, 0.1) is 6.92 Å². The van der Waals surface area contributed by atoms with Gasteiger partial charge in [-0.2, -0.15) is 0 Å². The predicted octanol–water partition coefficient (Wildman–Crippen LogP) is 2.50. The number of amides is 1. The SMILES string of the molecule is Cc1nnc(NC(=O)c2cnc(-c3ccc(Cl)cc3)[nH]c2=O)s1. The minimum absolute atomic E-state index is 0.101. The van der Waals surface area contributed by atoms with Crippen LogP contribution in [0.15, 0.2) is 35.3 Å². The van der Waals surface area contributed by atoms with E-state index in [-0.39, 0.29) is 5.56 Å². The zero-order valence-electron chi connectivity index (χ0n) is 11.8. The molecular weight excluding hydrogens is 338 g/mol. The van der Waals surface area contributed by atoms with Crippen molar-refractivity contribution in [3.8, 4) is 11.4 Å². The van der Waals surface area contributed by atoms with Crippen LogP contribution >= 0.6 is 22.9 Å². The normalized spacial score (nSPS) is 10.5. The Balaban J connectivity index is 1.85. The number of hydrogen-bond acceptors (Lipinski definition) is 6. The monoisotopic (exact) mass is 347 g/mol. The topological polar surface area (TPSA) is 101 Å². The highest BCUT2D eigenvalue weighted by atomic mass is 35.5. The van der Waals surface area contributed by atoms with Gasteiger partial charge in [-0.3, -0.25) is 14.9 Å². The first-order valence-electron chi connectivity index (χ1n) is 6.49. The molecule has 1 aromatic carbocycles. The Kier molecular flexibility index (Phi) is 4.18. The van der Waals surface area contributed by atoms with Crippen LogP contribution in [0.5, 0.6) is 0 Å². The van der Waals surface area contributed by atoms with Crippen LogP contribution < -0.4 is 10.9 Å². The maximum absolute atomic E-state index is 12.1. The van der Waals surface area contributed by atoms with Gasteiger partial charge in [0.2, 0.25) is 5.13 Å². The summed E-state index contributed by atoms with van der Waals surface area (Å²) in [5, 5.41) is 11.7. The van der Waals surface area contributed by atoms with Crippen LogP contribution in [0.4, 0.5) is 5.13 Å². The molecule has 3 aromatic rings. The molecule has 0 saturated heterocycles. The lowest BCUT2D eigenvalue weighted by molar-refractivity contribution is 0.102. The molecule has 2 N–H and O–H groups in total. The number of aromatic amines is 1. The number of carbonyl (C=O) groups is 1. The standard InChI is InChI=1S/C14H10ClN5O2S/c1-7-19-20-14(23-7)18-13(22)10-6-16-11(17-12(10)21)8-2-4-9(15)5-3-8/h2-6H,1H3,(H,16,17,21)(H,18,20,22). The first kappa shape index (κ1) is 15.3. The van der Waals surface area contributed by atoms with Crippen molar-refractivity contribution in [1.82, 2.24) is 20.2 Å². The molecule has 0 saturated carbocycles. The summed E-state index contributed by atoms with van der Waals surface area (Å²) in [5.41, 5.74) is 0.0532. The van der Waals surface area contributed by atoms with E-state index in [4.69, 9.17) is 11.6 Å². The lowest BCUT2D eigenvalue weighted by atomic mass is 10.2. The van der Waals surface area contributed by atoms with Crippen molar-refractivity contribution in [3.63, 3.8) is 0 Å². The van der Waals surface area contributed by atoms with Crippen molar-refractivity contribution >= 4 is 34.0 Å². The fourth-order valence-corrected chi connectivity index (χ4v) is 2.54. The van der Waals surface area contributed by atoms with Gasteiger partial charge in [-0.1, -0.05) is 22.9 Å². The number of rotatable bonds is 3. The number of H-pyrrole nitrogens is 1. The maximum Gasteiger partial charge on any atom is 0.264 e. The number of nitrogens with zero attached hydrogens (tertiary/aromatic N) is 3. The minimum atomic E-state index is -0.586. The maximum atomic E-state index is 12.1. The van der Waals surface area contributed by atoms with Gasteiger partial charge < -0.3 is 4.98 Å². The van der Waals surface area contributed by atoms with Gasteiger partial charge in [-0.05, 0) is 31.2 Å². The highest BCUT2D eigenvalue weighted by Gasteiger charge is 2.14. The molecule has 23 heavy (non-hydrogen) atoms. The van der Waals surface area contributed by atoms with E-state index in [1.165, 1.54) is 17.5 Å². The third-order valence-corrected chi connectivity index (χ3v) is 3.91. The smallest absolute Gasteiger partial charge is 0.264 e. The number of carbonyl (C=O) groups excluding carboxylic acids is 1. The van der Waals surface area contributed by atoms with Crippen LogP contribution in [0.2, 0.25) is 5.02 Å². The second kappa shape index (κ2) is 6.27. The second-order valence-corrected chi connectivity index (χ2v) is 6.18. The molecule has 0 radical (unpaired) electrons. The Bertz CT molecular complexity index is 919. The van der Waals surface area contributed by atoms with Gasteiger partial charge in [0.05, 0.1) is 0 Å². The molecule has 116 valence electrons. The molecule has 0 aliphatic heterocycles. The van der Waals surface area contributed by atoms with Crippen LogP contribution in [0.1, 0.15) is 15.4 Å². The molecule has 7 nitrogen and oxygen atoms in total. The number of anilines is 1. The van der Waals surface area contributed by atoms with E-state index in [9.17, 15) is 9.59 Å². The lowest BCUT2D eigenvalue weighted by Crippen LogP contribution is -2.24. The predicted molar refractivity (Wildman–Crippen MR) is 87.9 cm³/mol. The molecule has 9 heteroatoms. The zero-order chi connectivity index (χ0) is 16.4. The molecule has 0 fully saturated rings. The van der Waals surface area contributed by atoms with E-state index in [1.54, 1.807) is 31.2 Å². The number of aryl methyl sites for hydroxylation is 1. The average Bonchev–Trinajstić information content (AvgIpc) is 2.92. The Morgan fingerprint density at radius 2 is 2.00 bits per heavy atom. The van der Waals surface area contributed by atoms with E-state index in [0.717, 1.165) is 0 Å². The molecule has 2 heterocycles. The quantitative estimate of drug-likeness (QED) is 0.758. The molecule has 0 atom stereocenters. The van der Waals surface area contributed by atoms with Crippen LogP contribution in [-0.4, -0.2) is 26.1 Å². The number of nitrogens with one attached hydrogen (secondary N) is 2. The molecule has 2 aromatic heterocycles. The molecule has 3 rings (SSSR count). The van der Waals surface area contributed by atoms with Gasteiger partial charge in [0.15, 0.2) is 0 Å². The Morgan fingerprint density at radius 3 is 2.61 bits per heavy atom. The molecule has 0 aliphatic rings. The van der Waals surface area contributed by atoms with Crippen molar-refractivity contribution in [1.29, 1.82) is 0 Å². The summed E-state index contributed by atoms with van der Waals surface area (Å²) < 4.78 is 0. The molecule has 1 amide bonds. The van der Waals surface area contributed by atoms with Crippen molar-refractivity contribution in [2.45, 2.75) is 6.92 Å². The Labute approximate surface area is 139 Å². The number of benzene rings is 1. The van der Waals surface area contributed by atoms with Gasteiger partial charge in [0.25, 0.3) is 11.5 Å².